The Kier molecular flexibility index (Phi) is 7.37. The fraction of sp³-hybridized carbons (Fsp3) is 0.448. The minimum atomic E-state index is -0.305. The van der Waals surface area contributed by atoms with Crippen LogP contribution in [0.3, 0.4) is 0 Å². The van der Waals surface area contributed by atoms with E-state index in [0.29, 0.717) is 22.4 Å². The van der Waals surface area contributed by atoms with Gasteiger partial charge in [0.1, 0.15) is 11.6 Å². The van der Waals surface area contributed by atoms with Crippen LogP contribution in [0.2, 0.25) is 0 Å². The van der Waals surface area contributed by atoms with Crippen molar-refractivity contribution in [3.63, 3.8) is 0 Å². The summed E-state index contributed by atoms with van der Waals surface area (Å²) >= 11 is 0. The number of hydrogen-bond donors (Lipinski definition) is 0. The van der Waals surface area contributed by atoms with Gasteiger partial charge in [0.25, 0.3) is 0 Å². The van der Waals surface area contributed by atoms with Gasteiger partial charge in [-0.05, 0) is 66.2 Å². The first-order chi connectivity index (χ1) is 15.2. The first-order valence-electron chi connectivity index (χ1n) is 12.1. The lowest BCUT2D eigenvalue weighted by molar-refractivity contribution is 0.302. The topological polar surface area (TPSA) is 0 Å². The fourth-order valence-corrected chi connectivity index (χ4v) is 5.24. The second-order valence-electron chi connectivity index (χ2n) is 9.34. The maximum absolute atomic E-state index is 15.2. The molecule has 0 bridgehead atoms. The zero-order valence-electron chi connectivity index (χ0n) is 18.7. The fourth-order valence-electron chi connectivity index (χ4n) is 5.24. The molecule has 0 aliphatic heterocycles. The van der Waals surface area contributed by atoms with Crippen LogP contribution >= 0.6 is 0 Å². The van der Waals surface area contributed by atoms with Crippen LogP contribution in [0.4, 0.5) is 8.78 Å². The predicted octanol–water partition coefficient (Wildman–Crippen LogP) is 9.42. The molecule has 164 valence electrons. The number of hydrogen-bond acceptors (Lipinski definition) is 0. The maximum atomic E-state index is 15.2. The van der Waals surface area contributed by atoms with Gasteiger partial charge in [-0.3, -0.25) is 0 Å². The van der Waals surface area contributed by atoms with Crippen LogP contribution < -0.4 is 0 Å². The standard InChI is InChI=1S/C29H34F2/c1-2-3-4-5-6-7-21-8-10-22(11-9-21)24-14-18-28-25(20-24)15-19-27(29(28)31)23-12-16-26(30)17-13-23/h12-22H,2-11H2,1H3/t21-,22-. The normalized spacial score (nSPS) is 19.1. The van der Waals surface area contributed by atoms with Crippen molar-refractivity contribution in [1.82, 2.24) is 0 Å². The first-order valence-corrected chi connectivity index (χ1v) is 12.1. The van der Waals surface area contributed by atoms with Crippen LogP contribution in [-0.2, 0) is 0 Å². The van der Waals surface area contributed by atoms with Crippen LogP contribution in [0.15, 0.2) is 54.6 Å². The van der Waals surface area contributed by atoms with Crippen molar-refractivity contribution >= 4 is 10.8 Å². The number of unbranched alkanes of at least 4 members (excludes halogenated alkanes) is 4. The van der Waals surface area contributed by atoms with Crippen molar-refractivity contribution in [2.24, 2.45) is 5.92 Å². The highest BCUT2D eigenvalue weighted by Gasteiger charge is 2.22. The summed E-state index contributed by atoms with van der Waals surface area (Å²) in [5, 5.41) is 1.60. The lowest BCUT2D eigenvalue weighted by Crippen LogP contribution is -2.13. The highest BCUT2D eigenvalue weighted by Crippen LogP contribution is 2.39. The maximum Gasteiger partial charge on any atom is 0.138 e. The molecule has 1 aliphatic rings. The molecule has 31 heavy (non-hydrogen) atoms. The Balaban J connectivity index is 1.41. The molecule has 2 heteroatoms. The number of fused-ring (bicyclic) bond motifs is 1. The van der Waals surface area contributed by atoms with Crippen molar-refractivity contribution < 1.29 is 8.78 Å². The SMILES string of the molecule is CCCCCCC[C@H]1CC[C@H](c2ccc3c(F)c(-c4ccc(F)cc4)ccc3c2)CC1. The Morgan fingerprint density at radius 2 is 1.52 bits per heavy atom. The van der Waals surface area contributed by atoms with Crippen LogP contribution in [0, 0.1) is 17.6 Å². The summed E-state index contributed by atoms with van der Waals surface area (Å²) in [6, 6.07) is 16.1. The molecule has 3 aromatic rings. The Labute approximate surface area is 185 Å². The van der Waals surface area contributed by atoms with E-state index in [0.717, 1.165) is 11.3 Å². The molecule has 0 amide bonds. The van der Waals surface area contributed by atoms with Crippen LogP contribution in [0.25, 0.3) is 21.9 Å². The summed E-state index contributed by atoms with van der Waals surface area (Å²) in [5.74, 6) is 0.970. The molecular weight excluding hydrogens is 386 g/mol. The Morgan fingerprint density at radius 1 is 0.774 bits per heavy atom. The molecule has 0 aromatic heterocycles. The molecule has 0 unspecified atom stereocenters. The van der Waals surface area contributed by atoms with Gasteiger partial charge in [0.2, 0.25) is 0 Å². The minimum absolute atomic E-state index is 0.220. The van der Waals surface area contributed by atoms with E-state index in [9.17, 15) is 4.39 Å². The second-order valence-corrected chi connectivity index (χ2v) is 9.34. The Hall–Kier alpha value is -2.22. The quantitative estimate of drug-likeness (QED) is 0.318. The van der Waals surface area contributed by atoms with E-state index >= 15 is 4.39 Å². The Morgan fingerprint density at radius 3 is 2.26 bits per heavy atom. The van der Waals surface area contributed by atoms with Gasteiger partial charge in [-0.15, -0.1) is 0 Å². The predicted molar refractivity (Wildman–Crippen MR) is 127 cm³/mol. The van der Waals surface area contributed by atoms with Gasteiger partial charge in [0.05, 0.1) is 0 Å². The monoisotopic (exact) mass is 420 g/mol. The Bertz CT molecular complexity index is 982. The molecule has 1 aliphatic carbocycles. The third kappa shape index (κ3) is 5.34. The highest BCUT2D eigenvalue weighted by molar-refractivity contribution is 5.88. The van der Waals surface area contributed by atoms with Gasteiger partial charge in [-0.1, -0.05) is 87.9 Å². The number of halogens is 2. The van der Waals surface area contributed by atoms with Crippen molar-refractivity contribution in [3.8, 4) is 11.1 Å². The lowest BCUT2D eigenvalue weighted by atomic mass is 9.76. The third-order valence-corrected chi connectivity index (χ3v) is 7.17. The highest BCUT2D eigenvalue weighted by atomic mass is 19.1. The van der Waals surface area contributed by atoms with E-state index in [1.807, 2.05) is 18.2 Å². The molecule has 3 aromatic carbocycles. The largest absolute Gasteiger partial charge is 0.207 e. The van der Waals surface area contributed by atoms with E-state index in [2.05, 4.69) is 19.1 Å². The summed E-state index contributed by atoms with van der Waals surface area (Å²) < 4.78 is 28.4. The molecule has 1 saturated carbocycles. The van der Waals surface area contributed by atoms with Gasteiger partial charge < -0.3 is 0 Å². The van der Waals surface area contributed by atoms with Gasteiger partial charge in [0.15, 0.2) is 0 Å². The smallest absolute Gasteiger partial charge is 0.138 e. The van der Waals surface area contributed by atoms with Gasteiger partial charge >= 0.3 is 0 Å². The molecule has 1 fully saturated rings. The molecule has 0 saturated heterocycles. The zero-order chi connectivity index (χ0) is 21.6. The molecule has 0 atom stereocenters. The van der Waals surface area contributed by atoms with Crippen molar-refractivity contribution in [2.75, 3.05) is 0 Å². The average Bonchev–Trinajstić information content (AvgIpc) is 2.80. The second kappa shape index (κ2) is 10.4. The van der Waals surface area contributed by atoms with E-state index in [4.69, 9.17) is 0 Å². The van der Waals surface area contributed by atoms with Crippen molar-refractivity contribution in [3.05, 3.63) is 71.8 Å². The van der Waals surface area contributed by atoms with Crippen LogP contribution in [0.5, 0.6) is 0 Å². The minimum Gasteiger partial charge on any atom is -0.207 e. The van der Waals surface area contributed by atoms with E-state index in [-0.39, 0.29) is 11.6 Å². The first kappa shape index (κ1) is 22.0. The van der Waals surface area contributed by atoms with Crippen LogP contribution in [-0.4, -0.2) is 0 Å². The molecule has 0 N–H and O–H groups in total. The van der Waals surface area contributed by atoms with E-state index in [1.165, 1.54) is 81.9 Å². The molecule has 0 heterocycles. The summed E-state index contributed by atoms with van der Waals surface area (Å²) in [6.45, 7) is 2.27. The molecular formula is C29H34F2. The number of benzene rings is 3. The van der Waals surface area contributed by atoms with E-state index in [1.54, 1.807) is 12.1 Å². The van der Waals surface area contributed by atoms with Gasteiger partial charge in [-0.2, -0.15) is 0 Å². The van der Waals surface area contributed by atoms with Crippen molar-refractivity contribution in [2.45, 2.75) is 77.0 Å². The summed E-state index contributed by atoms with van der Waals surface area (Å²) in [5.41, 5.74) is 2.58. The molecule has 0 nitrogen and oxygen atoms in total. The van der Waals surface area contributed by atoms with Crippen molar-refractivity contribution in [1.29, 1.82) is 0 Å². The van der Waals surface area contributed by atoms with Crippen LogP contribution in [0.1, 0.15) is 82.6 Å². The van der Waals surface area contributed by atoms with E-state index < -0.39 is 0 Å². The summed E-state index contributed by atoms with van der Waals surface area (Å²) in [7, 11) is 0. The zero-order valence-corrected chi connectivity index (χ0v) is 18.7. The lowest BCUT2D eigenvalue weighted by Gasteiger charge is -2.29. The van der Waals surface area contributed by atoms with Gasteiger partial charge in [0, 0.05) is 10.9 Å². The molecule has 0 radical (unpaired) electrons. The molecule has 0 spiro atoms. The van der Waals surface area contributed by atoms with Gasteiger partial charge in [-0.25, -0.2) is 8.78 Å². The third-order valence-electron chi connectivity index (χ3n) is 7.17. The number of rotatable bonds is 8. The average molecular weight is 421 g/mol. The molecule has 4 rings (SSSR count). The summed E-state index contributed by atoms with van der Waals surface area (Å²) in [6.07, 6.45) is 13.4. The summed E-state index contributed by atoms with van der Waals surface area (Å²) in [4.78, 5) is 0.